The van der Waals surface area contributed by atoms with E-state index < -0.39 is 12.0 Å². The van der Waals surface area contributed by atoms with Crippen molar-refractivity contribution >= 4 is 23.3 Å². The zero-order chi connectivity index (χ0) is 13.9. The normalized spacial score (nSPS) is 13.2. The van der Waals surface area contributed by atoms with Gasteiger partial charge in [-0.1, -0.05) is 32.4 Å². The third-order valence-electron chi connectivity index (χ3n) is 2.17. The molecule has 1 aromatic rings. The first-order chi connectivity index (χ1) is 8.20. The minimum atomic E-state index is -1.27. The second kappa shape index (κ2) is 5.49. The second-order valence-electron chi connectivity index (χ2n) is 4.95. The van der Waals surface area contributed by atoms with Gasteiger partial charge in [-0.15, -0.1) is 0 Å². The van der Waals surface area contributed by atoms with Gasteiger partial charge >= 0.3 is 0 Å². The van der Waals surface area contributed by atoms with Gasteiger partial charge in [0.15, 0.2) is 0 Å². The molecule has 4 N–H and O–H groups in total. The number of anilines is 1. The fraction of sp³-hybridized carbons (Fsp3) is 0.545. The molecule has 1 atom stereocenters. The molecule has 0 fully saturated rings. The number of nitrogens with one attached hydrogen (secondary N) is 1. The molecule has 1 unspecified atom stereocenters. The fourth-order valence-corrected chi connectivity index (χ4v) is 1.33. The molecule has 1 heterocycles. The Kier molecular flexibility index (Phi) is 4.48. The van der Waals surface area contributed by atoms with E-state index in [1.807, 2.05) is 20.8 Å². The summed E-state index contributed by atoms with van der Waals surface area (Å²) in [6, 6.07) is 1.52. The molecule has 1 amide bonds. The first-order valence-electron chi connectivity index (χ1n) is 5.46. The average molecular weight is 273 g/mol. The highest BCUT2D eigenvalue weighted by Crippen LogP contribution is 2.22. The summed E-state index contributed by atoms with van der Waals surface area (Å²) in [4.78, 5) is 19.1. The summed E-state index contributed by atoms with van der Waals surface area (Å²) >= 11 is 5.89. The van der Waals surface area contributed by atoms with E-state index in [9.17, 15) is 9.90 Å². The average Bonchev–Trinajstić information content (AvgIpc) is 2.23. The lowest BCUT2D eigenvalue weighted by Crippen LogP contribution is -2.34. The predicted molar refractivity (Wildman–Crippen MR) is 69.4 cm³/mol. The summed E-state index contributed by atoms with van der Waals surface area (Å²) in [6.45, 7) is 5.86. The maximum absolute atomic E-state index is 10.7. The molecule has 0 saturated carbocycles. The molecule has 1 rings (SSSR count). The van der Waals surface area contributed by atoms with Gasteiger partial charge in [-0.2, -0.15) is 0 Å². The van der Waals surface area contributed by atoms with Gasteiger partial charge in [0.2, 0.25) is 5.91 Å². The summed E-state index contributed by atoms with van der Waals surface area (Å²) < 4.78 is 0. The number of nitrogens with zero attached hydrogens (tertiary/aromatic N) is 2. The topological polar surface area (TPSA) is 101 Å². The van der Waals surface area contributed by atoms with Crippen molar-refractivity contribution in [3.63, 3.8) is 0 Å². The van der Waals surface area contributed by atoms with E-state index in [0.29, 0.717) is 16.8 Å². The lowest BCUT2D eigenvalue weighted by molar-refractivity contribution is -0.125. The number of aromatic nitrogens is 2. The molecule has 0 aliphatic heterocycles. The minimum Gasteiger partial charge on any atom is -0.381 e. The van der Waals surface area contributed by atoms with E-state index in [-0.39, 0.29) is 12.0 Å². The van der Waals surface area contributed by atoms with Crippen LogP contribution in [0, 0.1) is 0 Å². The molecule has 0 aliphatic rings. The molecule has 0 bridgehead atoms. The van der Waals surface area contributed by atoms with Crippen molar-refractivity contribution < 1.29 is 9.90 Å². The number of hydrogen-bond donors (Lipinski definition) is 3. The summed E-state index contributed by atoms with van der Waals surface area (Å²) in [7, 11) is 0. The standard InChI is InChI=1S/C11H17ClN4O2/c1-11(2,3)10-15-7(12)4-8(16-10)14-5-6(17)9(13)18/h4,6,17H,5H2,1-3H3,(H2,13,18)(H,14,15,16). The number of halogens is 1. The highest BCUT2D eigenvalue weighted by molar-refractivity contribution is 6.29. The van der Waals surface area contributed by atoms with Crippen LogP contribution >= 0.6 is 11.6 Å². The molecular formula is C11H17ClN4O2. The number of amides is 1. The first-order valence-corrected chi connectivity index (χ1v) is 5.84. The number of aliphatic hydroxyl groups excluding tert-OH is 1. The molecule has 6 nitrogen and oxygen atoms in total. The zero-order valence-electron chi connectivity index (χ0n) is 10.6. The summed E-state index contributed by atoms with van der Waals surface area (Å²) in [6.07, 6.45) is -1.27. The Bertz CT molecular complexity index is 445. The van der Waals surface area contributed by atoms with Crippen LogP contribution in [0.25, 0.3) is 0 Å². The van der Waals surface area contributed by atoms with Crippen LogP contribution in [0.15, 0.2) is 6.07 Å². The predicted octanol–water partition coefficient (Wildman–Crippen LogP) is 0.686. The molecule has 0 spiro atoms. The smallest absolute Gasteiger partial charge is 0.248 e. The van der Waals surface area contributed by atoms with Gasteiger partial charge in [0.25, 0.3) is 0 Å². The van der Waals surface area contributed by atoms with Crippen LogP contribution in [0.4, 0.5) is 5.82 Å². The second-order valence-corrected chi connectivity index (χ2v) is 5.34. The molecule has 1 aromatic heterocycles. The Morgan fingerprint density at radius 3 is 2.67 bits per heavy atom. The third kappa shape index (κ3) is 4.12. The van der Waals surface area contributed by atoms with Gasteiger partial charge in [-0.25, -0.2) is 9.97 Å². The van der Waals surface area contributed by atoms with Crippen molar-refractivity contribution in [2.24, 2.45) is 5.73 Å². The Hall–Kier alpha value is -1.40. The molecular weight excluding hydrogens is 256 g/mol. The monoisotopic (exact) mass is 272 g/mol. The van der Waals surface area contributed by atoms with Crippen LogP contribution in [0.5, 0.6) is 0 Å². The number of hydrogen-bond acceptors (Lipinski definition) is 5. The van der Waals surface area contributed by atoms with E-state index in [0.717, 1.165) is 0 Å². The third-order valence-corrected chi connectivity index (χ3v) is 2.36. The Morgan fingerprint density at radius 1 is 1.56 bits per heavy atom. The van der Waals surface area contributed by atoms with E-state index in [2.05, 4.69) is 15.3 Å². The van der Waals surface area contributed by atoms with Crippen molar-refractivity contribution in [3.8, 4) is 0 Å². The van der Waals surface area contributed by atoms with Gasteiger partial charge in [-0.3, -0.25) is 4.79 Å². The molecule has 100 valence electrons. The van der Waals surface area contributed by atoms with Crippen LogP contribution in [0.3, 0.4) is 0 Å². The molecule has 0 saturated heterocycles. The molecule has 0 aliphatic carbocycles. The van der Waals surface area contributed by atoms with Gasteiger partial charge in [0.1, 0.15) is 22.9 Å². The number of carbonyl (C=O) groups excluding carboxylic acids is 1. The lowest BCUT2D eigenvalue weighted by atomic mass is 9.96. The molecule has 7 heteroatoms. The van der Waals surface area contributed by atoms with Crippen LogP contribution in [-0.2, 0) is 10.2 Å². The van der Waals surface area contributed by atoms with E-state index >= 15 is 0 Å². The van der Waals surface area contributed by atoms with E-state index in [1.165, 1.54) is 6.07 Å². The van der Waals surface area contributed by atoms with Crippen LogP contribution in [-0.4, -0.2) is 33.6 Å². The van der Waals surface area contributed by atoms with E-state index in [4.69, 9.17) is 17.3 Å². The Balaban J connectivity index is 2.84. The largest absolute Gasteiger partial charge is 0.381 e. The van der Waals surface area contributed by atoms with Crippen molar-refractivity contribution in [1.29, 1.82) is 0 Å². The fourth-order valence-electron chi connectivity index (χ4n) is 1.15. The minimum absolute atomic E-state index is 0.0216. The highest BCUT2D eigenvalue weighted by atomic mass is 35.5. The number of nitrogens with two attached hydrogens (primary N) is 1. The summed E-state index contributed by atoms with van der Waals surface area (Å²) in [5, 5.41) is 12.4. The number of carbonyl (C=O) groups is 1. The van der Waals surface area contributed by atoms with Gasteiger partial charge < -0.3 is 16.2 Å². The van der Waals surface area contributed by atoms with Crippen molar-refractivity contribution in [1.82, 2.24) is 9.97 Å². The van der Waals surface area contributed by atoms with Gasteiger partial charge in [-0.05, 0) is 0 Å². The molecule has 18 heavy (non-hydrogen) atoms. The van der Waals surface area contributed by atoms with E-state index in [1.54, 1.807) is 0 Å². The van der Waals surface area contributed by atoms with Gasteiger partial charge in [0, 0.05) is 11.5 Å². The number of rotatable bonds is 4. The quantitative estimate of drug-likeness (QED) is 0.700. The number of aliphatic hydroxyl groups is 1. The zero-order valence-corrected chi connectivity index (χ0v) is 11.3. The number of primary amides is 1. The SMILES string of the molecule is CC(C)(C)c1nc(Cl)cc(NCC(O)C(N)=O)n1. The maximum atomic E-state index is 10.7. The maximum Gasteiger partial charge on any atom is 0.248 e. The van der Waals surface area contributed by atoms with Gasteiger partial charge in [0.05, 0.1) is 6.54 Å². The summed E-state index contributed by atoms with van der Waals surface area (Å²) in [5.41, 5.74) is 4.70. The van der Waals surface area contributed by atoms with Crippen molar-refractivity contribution in [3.05, 3.63) is 17.0 Å². The Labute approximate surface area is 111 Å². The van der Waals surface area contributed by atoms with Crippen LogP contribution < -0.4 is 11.1 Å². The van der Waals surface area contributed by atoms with Crippen LogP contribution in [0.1, 0.15) is 26.6 Å². The van der Waals surface area contributed by atoms with Crippen LogP contribution in [0.2, 0.25) is 5.15 Å². The van der Waals surface area contributed by atoms with Crippen molar-refractivity contribution in [2.45, 2.75) is 32.3 Å². The lowest BCUT2D eigenvalue weighted by Gasteiger charge is -2.18. The van der Waals surface area contributed by atoms with Crippen molar-refractivity contribution in [2.75, 3.05) is 11.9 Å². The molecule has 0 radical (unpaired) electrons. The Morgan fingerprint density at radius 2 is 2.17 bits per heavy atom. The highest BCUT2D eigenvalue weighted by Gasteiger charge is 2.19. The summed E-state index contributed by atoms with van der Waals surface area (Å²) in [5.74, 6) is 0.227. The first kappa shape index (κ1) is 14.7. The molecule has 0 aromatic carbocycles.